The van der Waals surface area contributed by atoms with Crippen LogP contribution in [0.3, 0.4) is 0 Å². The van der Waals surface area contributed by atoms with Gasteiger partial charge in [-0.05, 0) is 50.3 Å². The first-order valence-electron chi connectivity index (χ1n) is 9.74. The SMILES string of the molecule is CNC(CN(CC=O)C(=O)O)C1CCN(c2cccc(CC(C)C)n2)CC1. The van der Waals surface area contributed by atoms with Crippen LogP contribution in [0, 0.1) is 11.8 Å². The highest BCUT2D eigenvalue weighted by molar-refractivity contribution is 5.69. The fraction of sp³-hybridized carbons (Fsp3) is 0.650. The number of amides is 1. The van der Waals surface area contributed by atoms with Gasteiger partial charge in [-0.1, -0.05) is 19.9 Å². The summed E-state index contributed by atoms with van der Waals surface area (Å²) < 4.78 is 0. The van der Waals surface area contributed by atoms with Crippen molar-refractivity contribution in [3.63, 3.8) is 0 Å². The van der Waals surface area contributed by atoms with Crippen LogP contribution < -0.4 is 10.2 Å². The van der Waals surface area contributed by atoms with Gasteiger partial charge in [0.05, 0.1) is 6.54 Å². The minimum absolute atomic E-state index is 0.0448. The van der Waals surface area contributed by atoms with Crippen LogP contribution in [0.4, 0.5) is 10.6 Å². The highest BCUT2D eigenvalue weighted by Crippen LogP contribution is 2.25. The van der Waals surface area contributed by atoms with Crippen LogP contribution in [0.1, 0.15) is 32.4 Å². The molecule has 1 aliphatic rings. The predicted octanol–water partition coefficient (Wildman–Crippen LogP) is 2.26. The van der Waals surface area contributed by atoms with Gasteiger partial charge in [0.1, 0.15) is 12.1 Å². The van der Waals surface area contributed by atoms with E-state index >= 15 is 0 Å². The lowest BCUT2D eigenvalue weighted by atomic mass is 9.89. The summed E-state index contributed by atoms with van der Waals surface area (Å²) in [5.74, 6) is 1.98. The number of hydrogen-bond donors (Lipinski definition) is 2. The summed E-state index contributed by atoms with van der Waals surface area (Å²) in [7, 11) is 1.86. The second-order valence-electron chi connectivity index (χ2n) is 7.66. The van der Waals surface area contributed by atoms with E-state index in [0.717, 1.165) is 43.9 Å². The molecule has 2 rings (SSSR count). The molecule has 150 valence electrons. The van der Waals surface area contributed by atoms with Gasteiger partial charge in [0.25, 0.3) is 0 Å². The molecule has 0 bridgehead atoms. The number of likely N-dealkylation sites (N-methyl/N-ethyl adjacent to an activating group) is 1. The largest absolute Gasteiger partial charge is 0.465 e. The number of pyridine rings is 1. The minimum atomic E-state index is -1.05. The Bertz CT molecular complexity index is 615. The maximum Gasteiger partial charge on any atom is 0.407 e. The van der Waals surface area contributed by atoms with Gasteiger partial charge in [0, 0.05) is 31.4 Å². The summed E-state index contributed by atoms with van der Waals surface area (Å²) in [6, 6.07) is 6.27. The summed E-state index contributed by atoms with van der Waals surface area (Å²) in [5, 5.41) is 12.5. The van der Waals surface area contributed by atoms with Crippen molar-refractivity contribution in [1.82, 2.24) is 15.2 Å². The zero-order valence-corrected chi connectivity index (χ0v) is 16.6. The Kier molecular flexibility index (Phi) is 8.03. The van der Waals surface area contributed by atoms with E-state index in [2.05, 4.69) is 42.3 Å². The van der Waals surface area contributed by atoms with E-state index in [1.54, 1.807) is 0 Å². The van der Waals surface area contributed by atoms with Gasteiger partial charge in [-0.25, -0.2) is 9.78 Å². The minimum Gasteiger partial charge on any atom is -0.465 e. The maximum atomic E-state index is 11.3. The molecule has 1 aliphatic heterocycles. The van der Waals surface area contributed by atoms with Crippen LogP contribution >= 0.6 is 0 Å². The lowest BCUT2D eigenvalue weighted by Gasteiger charge is -2.38. The van der Waals surface area contributed by atoms with E-state index in [0.29, 0.717) is 24.7 Å². The number of anilines is 1. The van der Waals surface area contributed by atoms with E-state index < -0.39 is 6.09 Å². The Labute approximate surface area is 161 Å². The number of carbonyl (C=O) groups excluding carboxylic acids is 1. The van der Waals surface area contributed by atoms with Gasteiger partial charge in [-0.3, -0.25) is 4.90 Å². The number of rotatable bonds is 9. The Morgan fingerprint density at radius 1 is 1.41 bits per heavy atom. The molecule has 1 unspecified atom stereocenters. The summed E-state index contributed by atoms with van der Waals surface area (Å²) in [6.45, 7) is 6.45. The third kappa shape index (κ3) is 6.20. The molecule has 0 aliphatic carbocycles. The van der Waals surface area contributed by atoms with E-state index in [1.165, 1.54) is 4.90 Å². The molecule has 1 aromatic rings. The number of hydrogen-bond acceptors (Lipinski definition) is 5. The van der Waals surface area contributed by atoms with Crippen molar-refractivity contribution in [3.8, 4) is 0 Å². The summed E-state index contributed by atoms with van der Waals surface area (Å²) >= 11 is 0. The van der Waals surface area contributed by atoms with Gasteiger partial charge >= 0.3 is 6.09 Å². The first-order valence-corrected chi connectivity index (χ1v) is 9.74. The van der Waals surface area contributed by atoms with E-state index in [9.17, 15) is 14.7 Å². The first kappa shape index (κ1) is 21.2. The van der Waals surface area contributed by atoms with Crippen LogP contribution in [-0.4, -0.2) is 66.6 Å². The molecule has 27 heavy (non-hydrogen) atoms. The number of nitrogens with zero attached hydrogens (tertiary/aromatic N) is 3. The van der Waals surface area contributed by atoms with Crippen molar-refractivity contribution in [2.24, 2.45) is 11.8 Å². The lowest BCUT2D eigenvalue weighted by molar-refractivity contribution is -0.108. The third-order valence-electron chi connectivity index (χ3n) is 5.20. The van der Waals surface area contributed by atoms with Crippen LogP contribution in [-0.2, 0) is 11.2 Å². The number of piperidine rings is 1. The Morgan fingerprint density at radius 2 is 2.11 bits per heavy atom. The quantitative estimate of drug-likeness (QED) is 0.643. The topological polar surface area (TPSA) is 85.8 Å². The molecule has 1 fully saturated rings. The smallest absolute Gasteiger partial charge is 0.407 e. The summed E-state index contributed by atoms with van der Waals surface area (Å²) in [6.07, 6.45) is 2.50. The van der Waals surface area contributed by atoms with Crippen LogP contribution in [0.15, 0.2) is 18.2 Å². The maximum absolute atomic E-state index is 11.3. The molecule has 2 heterocycles. The summed E-state index contributed by atoms with van der Waals surface area (Å²) in [5.41, 5.74) is 1.13. The van der Waals surface area contributed by atoms with Crippen molar-refractivity contribution >= 4 is 18.2 Å². The number of carbonyl (C=O) groups is 2. The molecule has 0 saturated carbocycles. The fourth-order valence-electron chi connectivity index (χ4n) is 3.74. The zero-order chi connectivity index (χ0) is 19.8. The molecule has 0 spiro atoms. The average Bonchev–Trinajstić information content (AvgIpc) is 2.65. The van der Waals surface area contributed by atoms with Gasteiger partial charge in [-0.15, -0.1) is 0 Å². The van der Waals surface area contributed by atoms with Crippen molar-refractivity contribution in [3.05, 3.63) is 23.9 Å². The Hall–Kier alpha value is -2.15. The number of nitrogens with one attached hydrogen (secondary N) is 1. The highest BCUT2D eigenvalue weighted by Gasteiger charge is 2.28. The normalized spacial score (nSPS) is 16.4. The average molecular weight is 377 g/mol. The van der Waals surface area contributed by atoms with Crippen molar-refractivity contribution in [2.45, 2.75) is 39.2 Å². The second-order valence-corrected chi connectivity index (χ2v) is 7.66. The molecule has 1 aromatic heterocycles. The Balaban J connectivity index is 1.95. The lowest BCUT2D eigenvalue weighted by Crippen LogP contribution is -2.49. The molecule has 0 radical (unpaired) electrons. The molecule has 1 atom stereocenters. The molecule has 2 N–H and O–H groups in total. The van der Waals surface area contributed by atoms with Crippen molar-refractivity contribution < 1.29 is 14.7 Å². The van der Waals surface area contributed by atoms with E-state index in [1.807, 2.05) is 7.05 Å². The van der Waals surface area contributed by atoms with Gasteiger partial charge in [0.15, 0.2) is 0 Å². The molecule has 1 saturated heterocycles. The highest BCUT2D eigenvalue weighted by atomic mass is 16.4. The van der Waals surface area contributed by atoms with Gasteiger partial charge in [0.2, 0.25) is 0 Å². The summed E-state index contributed by atoms with van der Waals surface area (Å²) in [4.78, 5) is 30.3. The van der Waals surface area contributed by atoms with Crippen LogP contribution in [0.25, 0.3) is 0 Å². The zero-order valence-electron chi connectivity index (χ0n) is 16.6. The molecular formula is C20H32N4O3. The van der Waals surface area contributed by atoms with Crippen molar-refractivity contribution in [2.75, 3.05) is 38.1 Å². The second kappa shape index (κ2) is 10.3. The third-order valence-corrected chi connectivity index (χ3v) is 5.20. The van der Waals surface area contributed by atoms with Gasteiger partial charge in [-0.2, -0.15) is 0 Å². The fourth-order valence-corrected chi connectivity index (χ4v) is 3.74. The van der Waals surface area contributed by atoms with Crippen molar-refractivity contribution in [1.29, 1.82) is 0 Å². The monoisotopic (exact) mass is 376 g/mol. The Morgan fingerprint density at radius 3 is 2.67 bits per heavy atom. The number of aromatic nitrogens is 1. The van der Waals surface area contributed by atoms with E-state index in [-0.39, 0.29) is 12.6 Å². The van der Waals surface area contributed by atoms with Crippen LogP contribution in [0.2, 0.25) is 0 Å². The standard InChI is InChI=1S/C20H32N4O3/c1-15(2)13-17-5-4-6-19(22-17)23-9-7-16(8-10-23)18(21-3)14-24(11-12-25)20(26)27/h4-6,12,15-16,18,21H,7-11,13-14H2,1-3H3,(H,26,27). The first-order chi connectivity index (χ1) is 12.9. The number of aldehydes is 1. The molecule has 1 amide bonds. The molecule has 7 nitrogen and oxygen atoms in total. The van der Waals surface area contributed by atoms with Gasteiger partial charge < -0.3 is 20.1 Å². The van der Waals surface area contributed by atoms with E-state index in [4.69, 9.17) is 4.98 Å². The molecule has 7 heteroatoms. The van der Waals surface area contributed by atoms with Crippen LogP contribution in [0.5, 0.6) is 0 Å². The molecule has 0 aromatic carbocycles. The number of carboxylic acid groups (broad SMARTS) is 1. The predicted molar refractivity (Wildman–Crippen MR) is 106 cm³/mol. The molecular weight excluding hydrogens is 344 g/mol.